The van der Waals surface area contributed by atoms with E-state index in [0.29, 0.717) is 36.2 Å². The van der Waals surface area contributed by atoms with Crippen molar-refractivity contribution in [2.75, 3.05) is 11.9 Å². The number of para-hydroxylation sites is 1. The second-order valence-corrected chi connectivity index (χ2v) is 6.00. The van der Waals surface area contributed by atoms with E-state index in [2.05, 4.69) is 25.6 Å². The van der Waals surface area contributed by atoms with Gasteiger partial charge in [-0.25, -0.2) is 9.78 Å². The number of fused-ring (bicyclic) bond motifs is 1. The van der Waals surface area contributed by atoms with E-state index in [1.807, 2.05) is 12.1 Å². The molecule has 4 rings (SSSR count). The fourth-order valence-electron chi connectivity index (χ4n) is 2.90. The predicted molar refractivity (Wildman–Crippen MR) is 100 cm³/mol. The van der Waals surface area contributed by atoms with Gasteiger partial charge in [0.25, 0.3) is 0 Å². The van der Waals surface area contributed by atoms with Crippen LogP contribution in [-0.4, -0.2) is 47.1 Å². The molecule has 28 heavy (non-hydrogen) atoms. The molecule has 142 valence electrons. The first kappa shape index (κ1) is 17.5. The summed E-state index contributed by atoms with van der Waals surface area (Å²) >= 11 is 0. The molecule has 0 amide bonds. The molecule has 2 N–H and O–H groups in total. The lowest BCUT2D eigenvalue weighted by Gasteiger charge is -2.10. The van der Waals surface area contributed by atoms with Gasteiger partial charge in [0.15, 0.2) is 5.75 Å². The molecule has 1 aromatic carbocycles. The summed E-state index contributed by atoms with van der Waals surface area (Å²) in [6.45, 7) is 1.19. The highest BCUT2D eigenvalue weighted by molar-refractivity contribution is 5.96. The highest BCUT2D eigenvalue weighted by atomic mass is 16.5. The fraction of sp³-hybridized carbons (Fsp3) is 0.167. The number of hydrogen-bond acceptors (Lipinski definition) is 7. The average Bonchev–Trinajstić information content (AvgIpc) is 3.31. The molecule has 4 aromatic rings. The number of aryl methyl sites for hydroxylation is 1. The summed E-state index contributed by atoms with van der Waals surface area (Å²) in [7, 11) is 1.69. The van der Waals surface area contributed by atoms with E-state index in [4.69, 9.17) is 4.74 Å². The van der Waals surface area contributed by atoms with Crippen LogP contribution < -0.4 is 10.1 Å². The maximum absolute atomic E-state index is 11.4. The van der Waals surface area contributed by atoms with Crippen LogP contribution in [0.2, 0.25) is 0 Å². The largest absolute Gasteiger partial charge is 0.477 e. The van der Waals surface area contributed by atoms with E-state index in [1.54, 1.807) is 53.1 Å². The minimum absolute atomic E-state index is 0.184. The Balaban J connectivity index is 1.53. The first-order valence-corrected chi connectivity index (χ1v) is 8.52. The Morgan fingerprint density at radius 3 is 2.96 bits per heavy atom. The number of ether oxygens (including phenoxy) is 1. The summed E-state index contributed by atoms with van der Waals surface area (Å²) in [4.78, 5) is 19.9. The molecule has 0 fully saturated rings. The number of hydrogen-bond donors (Lipinski definition) is 2. The smallest absolute Gasteiger partial charge is 0.352 e. The van der Waals surface area contributed by atoms with Crippen molar-refractivity contribution in [1.29, 1.82) is 0 Å². The molecule has 0 spiro atoms. The summed E-state index contributed by atoms with van der Waals surface area (Å²) in [5.41, 5.74) is 0.864. The number of carbonyl (C=O) groups is 1. The molecule has 0 aliphatic heterocycles. The second-order valence-electron chi connectivity index (χ2n) is 6.00. The molecule has 3 aromatic heterocycles. The van der Waals surface area contributed by atoms with Crippen molar-refractivity contribution in [1.82, 2.24) is 29.5 Å². The summed E-state index contributed by atoms with van der Waals surface area (Å²) in [6, 6.07) is 8.67. The standard InChI is InChI=1S/C18H17N7O3/c1-24-13(17(26)27)11-12-3-2-4-14(16(12)24)28-15-5-6-19-18(22-15)20-7-9-25-10-8-21-23-25/h2-6,8,10-11H,7,9H2,1H3,(H,26,27)(H,19,20,22). The van der Waals surface area contributed by atoms with Gasteiger partial charge < -0.3 is 19.7 Å². The molecule has 0 aliphatic rings. The molecule has 3 heterocycles. The van der Waals surface area contributed by atoms with Gasteiger partial charge in [0.1, 0.15) is 5.69 Å². The number of carboxylic acids is 1. The Kier molecular flexibility index (Phi) is 4.58. The lowest BCUT2D eigenvalue weighted by atomic mass is 10.2. The number of benzene rings is 1. The molecular formula is C18H17N7O3. The van der Waals surface area contributed by atoms with Gasteiger partial charge in [0.2, 0.25) is 11.8 Å². The van der Waals surface area contributed by atoms with E-state index < -0.39 is 5.97 Å². The summed E-state index contributed by atoms with van der Waals surface area (Å²) in [5.74, 6) is 0.289. The topological polar surface area (TPSA) is 120 Å². The van der Waals surface area contributed by atoms with Crippen LogP contribution in [0.25, 0.3) is 10.9 Å². The van der Waals surface area contributed by atoms with E-state index in [0.717, 1.165) is 5.39 Å². The van der Waals surface area contributed by atoms with Gasteiger partial charge in [-0.1, -0.05) is 17.3 Å². The first-order valence-electron chi connectivity index (χ1n) is 8.52. The third-order valence-corrected chi connectivity index (χ3v) is 4.18. The minimum atomic E-state index is -0.995. The first-order chi connectivity index (χ1) is 13.6. The summed E-state index contributed by atoms with van der Waals surface area (Å²) < 4.78 is 9.21. The van der Waals surface area contributed by atoms with Crippen molar-refractivity contribution in [3.63, 3.8) is 0 Å². The van der Waals surface area contributed by atoms with Crippen LogP contribution >= 0.6 is 0 Å². The van der Waals surface area contributed by atoms with Gasteiger partial charge in [-0.2, -0.15) is 4.98 Å². The average molecular weight is 379 g/mol. The van der Waals surface area contributed by atoms with Gasteiger partial charge in [0, 0.05) is 37.4 Å². The van der Waals surface area contributed by atoms with Crippen molar-refractivity contribution in [3.05, 3.63) is 54.6 Å². The van der Waals surface area contributed by atoms with Gasteiger partial charge >= 0.3 is 5.97 Å². The van der Waals surface area contributed by atoms with Crippen molar-refractivity contribution in [2.45, 2.75) is 6.54 Å². The third-order valence-electron chi connectivity index (χ3n) is 4.18. The monoisotopic (exact) mass is 379 g/mol. The normalized spacial score (nSPS) is 10.9. The lowest BCUT2D eigenvalue weighted by molar-refractivity contribution is 0.0687. The van der Waals surface area contributed by atoms with Crippen LogP contribution in [0.1, 0.15) is 10.5 Å². The van der Waals surface area contributed by atoms with Gasteiger partial charge in [-0.05, 0) is 12.1 Å². The fourth-order valence-corrected chi connectivity index (χ4v) is 2.90. The molecule has 0 bridgehead atoms. The van der Waals surface area contributed by atoms with Crippen LogP contribution in [0.15, 0.2) is 48.9 Å². The number of carboxylic acid groups (broad SMARTS) is 1. The molecule has 0 radical (unpaired) electrons. The van der Waals surface area contributed by atoms with Crippen LogP contribution in [-0.2, 0) is 13.6 Å². The maximum Gasteiger partial charge on any atom is 0.352 e. The van der Waals surface area contributed by atoms with Gasteiger partial charge in [-0.15, -0.1) is 5.10 Å². The zero-order valence-corrected chi connectivity index (χ0v) is 15.0. The molecule has 10 heteroatoms. The lowest BCUT2D eigenvalue weighted by Crippen LogP contribution is -2.12. The highest BCUT2D eigenvalue weighted by Gasteiger charge is 2.16. The van der Waals surface area contributed by atoms with Crippen LogP contribution in [0, 0.1) is 0 Å². The van der Waals surface area contributed by atoms with Gasteiger partial charge in [0.05, 0.1) is 18.3 Å². The number of aromatic carboxylic acids is 1. The Morgan fingerprint density at radius 2 is 2.18 bits per heavy atom. The maximum atomic E-state index is 11.4. The quantitative estimate of drug-likeness (QED) is 0.501. The molecule has 0 saturated carbocycles. The molecule has 0 saturated heterocycles. The van der Waals surface area contributed by atoms with Crippen LogP contribution in [0.5, 0.6) is 11.6 Å². The zero-order chi connectivity index (χ0) is 19.5. The van der Waals surface area contributed by atoms with Crippen LogP contribution in [0.3, 0.4) is 0 Å². The molecule has 0 aliphatic carbocycles. The SMILES string of the molecule is Cn1c(C(=O)O)cc2cccc(Oc3ccnc(NCCn4ccnn4)n3)c21. The summed E-state index contributed by atoms with van der Waals surface area (Å²) in [5, 5.41) is 20.9. The number of nitrogens with one attached hydrogen (secondary N) is 1. The highest BCUT2D eigenvalue weighted by Crippen LogP contribution is 2.31. The Morgan fingerprint density at radius 1 is 1.29 bits per heavy atom. The number of aromatic nitrogens is 6. The van der Waals surface area contributed by atoms with Crippen LogP contribution in [0.4, 0.5) is 5.95 Å². The van der Waals surface area contributed by atoms with Gasteiger partial charge in [-0.3, -0.25) is 4.68 Å². The zero-order valence-electron chi connectivity index (χ0n) is 15.0. The van der Waals surface area contributed by atoms with E-state index in [-0.39, 0.29) is 5.69 Å². The number of nitrogens with zero attached hydrogens (tertiary/aromatic N) is 6. The summed E-state index contributed by atoms with van der Waals surface area (Å²) in [6.07, 6.45) is 4.98. The predicted octanol–water partition coefficient (Wildman–Crippen LogP) is 2.16. The van der Waals surface area contributed by atoms with Crippen molar-refractivity contribution in [2.24, 2.45) is 7.05 Å². The third kappa shape index (κ3) is 3.47. The molecular weight excluding hydrogens is 362 g/mol. The van der Waals surface area contributed by atoms with E-state index in [1.165, 1.54) is 0 Å². The second kappa shape index (κ2) is 7.35. The number of anilines is 1. The van der Waals surface area contributed by atoms with E-state index in [9.17, 15) is 9.90 Å². The van der Waals surface area contributed by atoms with Crippen molar-refractivity contribution in [3.8, 4) is 11.6 Å². The molecule has 10 nitrogen and oxygen atoms in total. The Bertz CT molecular complexity index is 1120. The van der Waals surface area contributed by atoms with Crippen molar-refractivity contribution < 1.29 is 14.6 Å². The van der Waals surface area contributed by atoms with E-state index >= 15 is 0 Å². The van der Waals surface area contributed by atoms with Crippen molar-refractivity contribution >= 4 is 22.8 Å². The number of rotatable bonds is 7. The molecule has 0 atom stereocenters. The minimum Gasteiger partial charge on any atom is -0.477 e. The Labute approximate surface area is 159 Å². The molecule has 0 unspecified atom stereocenters. The Hall–Kier alpha value is -3.95.